The van der Waals surface area contributed by atoms with E-state index in [1.807, 2.05) is 23.7 Å². The van der Waals surface area contributed by atoms with Gasteiger partial charge in [-0.2, -0.15) is 21.5 Å². The Bertz CT molecular complexity index is 1080. The number of halogens is 1. The first-order valence-corrected chi connectivity index (χ1v) is 9.68. The maximum Gasteiger partial charge on any atom is 0.269 e. The van der Waals surface area contributed by atoms with E-state index in [0.717, 1.165) is 16.8 Å². The number of hydrogen-bond donors (Lipinski definition) is 1. The van der Waals surface area contributed by atoms with Crippen molar-refractivity contribution in [3.63, 3.8) is 0 Å². The van der Waals surface area contributed by atoms with Gasteiger partial charge in [-0.3, -0.25) is 14.2 Å². The van der Waals surface area contributed by atoms with Gasteiger partial charge in [0.1, 0.15) is 11.5 Å². The monoisotopic (exact) mass is 395 g/mol. The molecule has 4 rings (SSSR count). The minimum Gasteiger partial charge on any atom is -0.349 e. The molecule has 0 bridgehead atoms. The number of aromatic nitrogens is 4. The second-order valence-electron chi connectivity index (χ2n) is 6.28. The summed E-state index contributed by atoms with van der Waals surface area (Å²) >= 11 is 1.63. The summed E-state index contributed by atoms with van der Waals surface area (Å²) in [4.78, 5) is 12.5. The molecule has 142 valence electrons. The van der Waals surface area contributed by atoms with Crippen molar-refractivity contribution in [3.8, 4) is 22.5 Å². The molecule has 28 heavy (non-hydrogen) atoms. The van der Waals surface area contributed by atoms with Gasteiger partial charge in [-0.1, -0.05) is 0 Å². The number of rotatable bonds is 6. The van der Waals surface area contributed by atoms with Crippen molar-refractivity contribution >= 4 is 17.2 Å². The number of aryl methyl sites for hydroxylation is 1. The molecule has 0 radical (unpaired) electrons. The van der Waals surface area contributed by atoms with Gasteiger partial charge in [0.05, 0.1) is 17.9 Å². The zero-order valence-corrected chi connectivity index (χ0v) is 16.0. The summed E-state index contributed by atoms with van der Waals surface area (Å²) in [6, 6.07) is 11.7. The molecule has 1 amide bonds. The first-order valence-electron chi connectivity index (χ1n) is 8.74. The van der Waals surface area contributed by atoms with E-state index in [0.29, 0.717) is 24.5 Å². The predicted molar refractivity (Wildman–Crippen MR) is 106 cm³/mol. The van der Waals surface area contributed by atoms with Crippen molar-refractivity contribution in [1.29, 1.82) is 0 Å². The van der Waals surface area contributed by atoms with E-state index in [9.17, 15) is 9.18 Å². The fraction of sp³-hybridized carbons (Fsp3) is 0.150. The number of hydrogen-bond acceptors (Lipinski definition) is 4. The van der Waals surface area contributed by atoms with Gasteiger partial charge in [0, 0.05) is 36.3 Å². The van der Waals surface area contributed by atoms with Gasteiger partial charge < -0.3 is 5.32 Å². The highest BCUT2D eigenvalue weighted by atomic mass is 32.1. The largest absolute Gasteiger partial charge is 0.349 e. The molecule has 0 atom stereocenters. The summed E-state index contributed by atoms with van der Waals surface area (Å²) in [5, 5.41) is 15.8. The molecular formula is C20H18FN5OS. The number of amides is 1. The minimum atomic E-state index is -0.307. The van der Waals surface area contributed by atoms with Crippen molar-refractivity contribution in [3.05, 3.63) is 70.9 Å². The van der Waals surface area contributed by atoms with Crippen molar-refractivity contribution in [2.45, 2.75) is 6.54 Å². The average Bonchev–Trinajstić information content (AvgIpc) is 3.42. The molecule has 6 nitrogen and oxygen atoms in total. The fourth-order valence-electron chi connectivity index (χ4n) is 2.87. The summed E-state index contributed by atoms with van der Waals surface area (Å²) in [5.41, 5.74) is 3.84. The summed E-state index contributed by atoms with van der Waals surface area (Å²) in [7, 11) is 1.71. The van der Waals surface area contributed by atoms with Crippen LogP contribution in [0.15, 0.2) is 59.4 Å². The molecule has 4 aromatic rings. The maximum absolute atomic E-state index is 13.1. The summed E-state index contributed by atoms with van der Waals surface area (Å²) in [6.07, 6.45) is 1.90. The molecule has 8 heteroatoms. The maximum atomic E-state index is 13.1. The van der Waals surface area contributed by atoms with Gasteiger partial charge in [-0.15, -0.1) is 0 Å². The van der Waals surface area contributed by atoms with Crippen LogP contribution in [0.2, 0.25) is 0 Å². The zero-order chi connectivity index (χ0) is 19.5. The topological polar surface area (TPSA) is 64.7 Å². The normalized spacial score (nSPS) is 10.9. The molecule has 0 aliphatic heterocycles. The molecule has 1 aromatic carbocycles. The van der Waals surface area contributed by atoms with Crippen LogP contribution in [0.3, 0.4) is 0 Å². The number of nitrogens with one attached hydrogen (secondary N) is 1. The van der Waals surface area contributed by atoms with Gasteiger partial charge in [0.25, 0.3) is 5.91 Å². The van der Waals surface area contributed by atoms with Gasteiger partial charge in [-0.05, 0) is 47.8 Å². The van der Waals surface area contributed by atoms with Crippen molar-refractivity contribution in [2.24, 2.45) is 7.05 Å². The minimum absolute atomic E-state index is 0.214. The second kappa shape index (κ2) is 7.77. The third kappa shape index (κ3) is 3.86. The van der Waals surface area contributed by atoms with E-state index in [2.05, 4.69) is 20.9 Å². The van der Waals surface area contributed by atoms with Crippen molar-refractivity contribution in [2.75, 3.05) is 6.54 Å². The first kappa shape index (κ1) is 18.1. The molecular weight excluding hydrogens is 377 g/mol. The molecule has 3 aromatic heterocycles. The van der Waals surface area contributed by atoms with Crippen LogP contribution >= 0.6 is 11.3 Å². The molecule has 1 N–H and O–H groups in total. The standard InChI is InChI=1S/C20H18FN5OS/c1-25-19(12-18(23-25)14-2-4-16(21)5-3-14)20(27)22-8-10-26-9-6-17(24-26)15-7-11-28-13-15/h2-7,9,11-13H,8,10H2,1H3,(H,22,27). The third-order valence-electron chi connectivity index (χ3n) is 4.34. The Hall–Kier alpha value is -3.26. The van der Waals surface area contributed by atoms with E-state index in [4.69, 9.17) is 0 Å². The third-order valence-corrected chi connectivity index (χ3v) is 5.02. The number of thiophene rings is 1. The van der Waals surface area contributed by atoms with Gasteiger partial charge in [0.15, 0.2) is 0 Å². The fourth-order valence-corrected chi connectivity index (χ4v) is 3.52. The molecule has 0 unspecified atom stereocenters. The predicted octanol–water partition coefficient (Wildman–Crippen LogP) is 3.58. The molecule has 3 heterocycles. The highest BCUT2D eigenvalue weighted by Gasteiger charge is 2.14. The number of carbonyl (C=O) groups is 1. The van der Waals surface area contributed by atoms with Crippen molar-refractivity contribution < 1.29 is 9.18 Å². The van der Waals surface area contributed by atoms with Gasteiger partial charge in [-0.25, -0.2) is 4.39 Å². The SMILES string of the molecule is Cn1nc(-c2ccc(F)cc2)cc1C(=O)NCCn1ccc(-c2ccsc2)n1. The lowest BCUT2D eigenvalue weighted by atomic mass is 10.1. The Labute approximate surface area is 165 Å². The van der Waals surface area contributed by atoms with Crippen LogP contribution in [0.5, 0.6) is 0 Å². The first-order chi connectivity index (χ1) is 13.6. The number of carbonyl (C=O) groups excluding carboxylic acids is 1. The van der Waals surface area contributed by atoms with Crippen LogP contribution in [-0.4, -0.2) is 32.0 Å². The van der Waals surface area contributed by atoms with Crippen LogP contribution in [0.4, 0.5) is 4.39 Å². The molecule has 0 aliphatic carbocycles. The van der Waals surface area contributed by atoms with Crippen LogP contribution in [-0.2, 0) is 13.6 Å². The van der Waals surface area contributed by atoms with Crippen LogP contribution in [0.1, 0.15) is 10.5 Å². The molecule has 0 saturated heterocycles. The lowest BCUT2D eigenvalue weighted by Gasteiger charge is -2.05. The lowest BCUT2D eigenvalue weighted by molar-refractivity contribution is 0.0942. The van der Waals surface area contributed by atoms with Gasteiger partial charge in [0.2, 0.25) is 0 Å². The van der Waals surface area contributed by atoms with Crippen LogP contribution in [0, 0.1) is 5.82 Å². The average molecular weight is 395 g/mol. The molecule has 0 saturated carbocycles. The molecule has 0 fully saturated rings. The van der Waals surface area contributed by atoms with E-state index in [1.54, 1.807) is 41.3 Å². The van der Waals surface area contributed by atoms with E-state index in [-0.39, 0.29) is 11.7 Å². The quantitative estimate of drug-likeness (QED) is 0.543. The highest BCUT2D eigenvalue weighted by molar-refractivity contribution is 7.08. The van der Waals surface area contributed by atoms with Crippen molar-refractivity contribution in [1.82, 2.24) is 24.9 Å². The van der Waals surface area contributed by atoms with E-state index >= 15 is 0 Å². The summed E-state index contributed by atoms with van der Waals surface area (Å²) in [6.45, 7) is 1.01. The molecule has 0 spiro atoms. The summed E-state index contributed by atoms with van der Waals surface area (Å²) in [5.74, 6) is -0.521. The Morgan fingerprint density at radius 3 is 2.68 bits per heavy atom. The lowest BCUT2D eigenvalue weighted by Crippen LogP contribution is -2.29. The van der Waals surface area contributed by atoms with Gasteiger partial charge >= 0.3 is 0 Å². The highest BCUT2D eigenvalue weighted by Crippen LogP contribution is 2.20. The smallest absolute Gasteiger partial charge is 0.269 e. The Kier molecular flexibility index (Phi) is 5.03. The Morgan fingerprint density at radius 1 is 1.11 bits per heavy atom. The van der Waals surface area contributed by atoms with E-state index < -0.39 is 0 Å². The van der Waals surface area contributed by atoms with Crippen LogP contribution in [0.25, 0.3) is 22.5 Å². The Morgan fingerprint density at radius 2 is 1.93 bits per heavy atom. The number of nitrogens with zero attached hydrogens (tertiary/aromatic N) is 4. The second-order valence-corrected chi connectivity index (χ2v) is 7.06. The zero-order valence-electron chi connectivity index (χ0n) is 15.2. The Balaban J connectivity index is 1.37. The van der Waals surface area contributed by atoms with Crippen LogP contribution < -0.4 is 5.32 Å². The summed E-state index contributed by atoms with van der Waals surface area (Å²) < 4.78 is 16.4. The number of benzene rings is 1. The molecule has 0 aliphatic rings. The van der Waals surface area contributed by atoms with E-state index in [1.165, 1.54) is 16.8 Å².